The molecule has 0 saturated heterocycles. The maximum atomic E-state index is 11.7. The average molecular weight is 222 g/mol. The molecule has 0 fully saturated rings. The molecule has 5 heteroatoms. The van der Waals surface area contributed by atoms with Gasteiger partial charge in [0, 0.05) is 23.7 Å². The molecule has 5 nitrogen and oxygen atoms in total. The third-order valence-corrected chi connectivity index (χ3v) is 2.11. The lowest BCUT2D eigenvalue weighted by molar-refractivity contribution is 0.0697. The van der Waals surface area contributed by atoms with E-state index in [0.717, 1.165) is 0 Å². The molecule has 0 aliphatic rings. The largest absolute Gasteiger partial charge is 0.478 e. The second kappa shape index (κ2) is 4.76. The van der Waals surface area contributed by atoms with Crippen LogP contribution >= 0.6 is 0 Å². The van der Waals surface area contributed by atoms with E-state index in [4.69, 9.17) is 16.6 Å². The standard InChI is InChI=1S/C11H14N2O3/c1-6(12)4-10(14)8-5-7(11(15)16)2-3-9(8)13/h2-3,5-6H,4,12-13H2,1H3,(H,15,16)/t6-/m1/s1. The Hall–Kier alpha value is -1.88. The SMILES string of the molecule is C[C@@H](N)CC(=O)c1cc(C(=O)O)ccc1N. The molecule has 1 atom stereocenters. The van der Waals surface area contributed by atoms with Crippen LogP contribution in [0.15, 0.2) is 18.2 Å². The molecule has 0 aromatic heterocycles. The quantitative estimate of drug-likeness (QED) is 0.518. The number of carbonyl (C=O) groups is 2. The molecule has 16 heavy (non-hydrogen) atoms. The number of nitrogens with two attached hydrogens (primary N) is 2. The van der Waals surface area contributed by atoms with Crippen molar-refractivity contribution in [2.45, 2.75) is 19.4 Å². The molecule has 86 valence electrons. The van der Waals surface area contributed by atoms with Gasteiger partial charge < -0.3 is 16.6 Å². The number of carboxylic acid groups (broad SMARTS) is 1. The van der Waals surface area contributed by atoms with Gasteiger partial charge in [-0.2, -0.15) is 0 Å². The van der Waals surface area contributed by atoms with E-state index in [-0.39, 0.29) is 35.1 Å². The summed E-state index contributed by atoms with van der Waals surface area (Å²) in [5.74, 6) is -1.33. The summed E-state index contributed by atoms with van der Waals surface area (Å²) >= 11 is 0. The smallest absolute Gasteiger partial charge is 0.335 e. The molecule has 0 bridgehead atoms. The summed E-state index contributed by atoms with van der Waals surface area (Å²) in [6, 6.07) is 3.78. The van der Waals surface area contributed by atoms with E-state index >= 15 is 0 Å². The van der Waals surface area contributed by atoms with Gasteiger partial charge >= 0.3 is 5.97 Å². The molecule has 5 N–H and O–H groups in total. The van der Waals surface area contributed by atoms with Crippen molar-refractivity contribution in [3.63, 3.8) is 0 Å². The Balaban J connectivity index is 3.07. The van der Waals surface area contributed by atoms with Gasteiger partial charge in [0.1, 0.15) is 0 Å². The van der Waals surface area contributed by atoms with E-state index in [1.54, 1.807) is 6.92 Å². The highest BCUT2D eigenvalue weighted by Gasteiger charge is 2.14. The zero-order valence-electron chi connectivity index (χ0n) is 8.93. The number of nitrogen functional groups attached to an aromatic ring is 1. The van der Waals surface area contributed by atoms with Gasteiger partial charge in [-0.25, -0.2) is 4.79 Å². The predicted octanol–water partition coefficient (Wildman–Crippen LogP) is 0.887. The molecule has 0 saturated carbocycles. The molecule has 1 aromatic carbocycles. The van der Waals surface area contributed by atoms with Gasteiger partial charge in [0.05, 0.1) is 5.56 Å². The molecule has 0 aliphatic carbocycles. The Kier molecular flexibility index (Phi) is 3.63. The van der Waals surface area contributed by atoms with Crippen molar-refractivity contribution in [2.75, 3.05) is 5.73 Å². The number of ketones is 1. The molecule has 0 heterocycles. The van der Waals surface area contributed by atoms with Gasteiger partial charge in [-0.1, -0.05) is 0 Å². The molecular weight excluding hydrogens is 208 g/mol. The fourth-order valence-electron chi connectivity index (χ4n) is 1.33. The Labute approximate surface area is 93.1 Å². The molecule has 0 unspecified atom stereocenters. The van der Waals surface area contributed by atoms with Crippen molar-refractivity contribution in [1.82, 2.24) is 0 Å². The minimum absolute atomic E-state index is 0.0437. The van der Waals surface area contributed by atoms with E-state index in [2.05, 4.69) is 0 Å². The van der Waals surface area contributed by atoms with Crippen LogP contribution < -0.4 is 11.5 Å². The number of anilines is 1. The molecule has 0 radical (unpaired) electrons. The minimum Gasteiger partial charge on any atom is -0.478 e. The van der Waals surface area contributed by atoms with Gasteiger partial charge in [0.25, 0.3) is 0 Å². The third kappa shape index (κ3) is 2.80. The first-order valence-electron chi connectivity index (χ1n) is 4.83. The zero-order chi connectivity index (χ0) is 12.3. The summed E-state index contributed by atoms with van der Waals surface area (Å²) in [6.07, 6.45) is 0.146. The first kappa shape index (κ1) is 12.2. The molecular formula is C11H14N2O3. The molecule has 1 aromatic rings. The Morgan fingerprint density at radius 2 is 2.06 bits per heavy atom. The number of hydrogen-bond donors (Lipinski definition) is 3. The number of rotatable bonds is 4. The van der Waals surface area contributed by atoms with E-state index in [1.165, 1.54) is 18.2 Å². The number of benzene rings is 1. The van der Waals surface area contributed by atoms with Crippen LogP contribution in [0.2, 0.25) is 0 Å². The lowest BCUT2D eigenvalue weighted by atomic mass is 10.0. The maximum absolute atomic E-state index is 11.7. The lowest BCUT2D eigenvalue weighted by Gasteiger charge is -2.07. The topological polar surface area (TPSA) is 106 Å². The second-order valence-corrected chi connectivity index (χ2v) is 3.71. The zero-order valence-corrected chi connectivity index (χ0v) is 8.93. The van der Waals surface area contributed by atoms with Crippen LogP contribution in [0.4, 0.5) is 5.69 Å². The predicted molar refractivity (Wildman–Crippen MR) is 60.4 cm³/mol. The van der Waals surface area contributed by atoms with Crippen molar-refractivity contribution >= 4 is 17.4 Å². The first-order valence-corrected chi connectivity index (χ1v) is 4.83. The Morgan fingerprint density at radius 1 is 1.44 bits per heavy atom. The number of aromatic carboxylic acids is 1. The summed E-state index contributed by atoms with van der Waals surface area (Å²) in [5, 5.41) is 8.79. The van der Waals surface area contributed by atoms with Crippen molar-refractivity contribution in [1.29, 1.82) is 0 Å². The van der Waals surface area contributed by atoms with E-state index in [1.807, 2.05) is 0 Å². The van der Waals surface area contributed by atoms with Crippen LogP contribution in [0, 0.1) is 0 Å². The van der Waals surface area contributed by atoms with Crippen LogP contribution in [0.5, 0.6) is 0 Å². The highest BCUT2D eigenvalue weighted by Crippen LogP contribution is 2.16. The van der Waals surface area contributed by atoms with Crippen LogP contribution in [0.25, 0.3) is 0 Å². The highest BCUT2D eigenvalue weighted by atomic mass is 16.4. The minimum atomic E-state index is -1.09. The monoisotopic (exact) mass is 222 g/mol. The van der Waals surface area contributed by atoms with Crippen LogP contribution in [0.1, 0.15) is 34.1 Å². The fourth-order valence-corrected chi connectivity index (χ4v) is 1.33. The first-order chi connectivity index (χ1) is 7.41. The van der Waals surface area contributed by atoms with Crippen LogP contribution in [0.3, 0.4) is 0 Å². The summed E-state index contributed by atoms with van der Waals surface area (Å²) in [6.45, 7) is 1.70. The van der Waals surface area contributed by atoms with Gasteiger partial charge in [-0.05, 0) is 25.1 Å². The van der Waals surface area contributed by atoms with Crippen molar-refractivity contribution in [2.24, 2.45) is 5.73 Å². The van der Waals surface area contributed by atoms with E-state index in [0.29, 0.717) is 0 Å². The van der Waals surface area contributed by atoms with Crippen molar-refractivity contribution in [3.8, 4) is 0 Å². The summed E-state index contributed by atoms with van der Waals surface area (Å²) in [5.41, 5.74) is 11.6. The Bertz CT molecular complexity index is 427. The molecule has 0 spiro atoms. The van der Waals surface area contributed by atoms with Crippen LogP contribution in [-0.2, 0) is 0 Å². The number of carboxylic acids is 1. The van der Waals surface area contributed by atoms with E-state index < -0.39 is 5.97 Å². The average Bonchev–Trinajstić information content (AvgIpc) is 2.16. The van der Waals surface area contributed by atoms with Gasteiger partial charge in [0.15, 0.2) is 5.78 Å². The summed E-state index contributed by atoms with van der Waals surface area (Å²) in [7, 11) is 0. The van der Waals surface area contributed by atoms with Gasteiger partial charge in [-0.15, -0.1) is 0 Å². The highest BCUT2D eigenvalue weighted by molar-refractivity contribution is 6.03. The number of Topliss-reactive ketones (excluding diaryl/α,β-unsaturated/α-hetero) is 1. The molecule has 1 rings (SSSR count). The Morgan fingerprint density at radius 3 is 2.56 bits per heavy atom. The number of hydrogen-bond acceptors (Lipinski definition) is 4. The second-order valence-electron chi connectivity index (χ2n) is 3.71. The lowest BCUT2D eigenvalue weighted by Crippen LogP contribution is -2.20. The van der Waals surface area contributed by atoms with Gasteiger partial charge in [-0.3, -0.25) is 4.79 Å². The number of carbonyl (C=O) groups excluding carboxylic acids is 1. The van der Waals surface area contributed by atoms with Gasteiger partial charge in [0.2, 0.25) is 0 Å². The third-order valence-electron chi connectivity index (χ3n) is 2.11. The van der Waals surface area contributed by atoms with E-state index in [9.17, 15) is 9.59 Å². The van der Waals surface area contributed by atoms with Crippen molar-refractivity contribution < 1.29 is 14.7 Å². The molecule has 0 amide bonds. The molecule has 0 aliphatic heterocycles. The fraction of sp³-hybridized carbons (Fsp3) is 0.273. The van der Waals surface area contributed by atoms with Crippen molar-refractivity contribution in [3.05, 3.63) is 29.3 Å². The maximum Gasteiger partial charge on any atom is 0.335 e. The van der Waals surface area contributed by atoms with Crippen LogP contribution in [-0.4, -0.2) is 22.9 Å². The normalized spacial score (nSPS) is 12.1. The summed E-state index contributed by atoms with van der Waals surface area (Å²) in [4.78, 5) is 22.4. The summed E-state index contributed by atoms with van der Waals surface area (Å²) < 4.78 is 0.